The van der Waals surface area contributed by atoms with E-state index in [1.54, 1.807) is 55.0 Å². The SMILES string of the molecule is CC[C@@H]1OCCC/C=C\[C@@H]2C[C@@]2(C(=O)NS(=O)(=O)C2(C)CC2)NC(=O)[C@@H]2C[C@@H](Oc3cc(-c4ccc(OC(C)C)cc4)nc(-c4cncs4)c3)CN2C(=O)[C@H]1N(C(=O)O)C1(C(F)(F)F)CCCOC1. The van der Waals surface area contributed by atoms with Gasteiger partial charge in [-0.15, -0.1) is 11.3 Å². The maximum atomic E-state index is 15.5. The van der Waals surface area contributed by atoms with Gasteiger partial charge < -0.3 is 34.3 Å². The number of nitrogens with one attached hydrogen (secondary N) is 2. The van der Waals surface area contributed by atoms with Crippen molar-refractivity contribution in [3.63, 3.8) is 0 Å². The zero-order valence-electron chi connectivity index (χ0n) is 38.7. The Balaban J connectivity index is 1.20. The van der Waals surface area contributed by atoms with Gasteiger partial charge in [-0.3, -0.25) is 29.0 Å². The molecule has 374 valence electrons. The topological polar surface area (TPSA) is 216 Å². The molecule has 2 saturated carbocycles. The van der Waals surface area contributed by atoms with E-state index in [2.05, 4.69) is 15.0 Å². The summed E-state index contributed by atoms with van der Waals surface area (Å²) < 4.78 is 98.3. The lowest BCUT2D eigenvalue weighted by molar-refractivity contribution is -0.262. The van der Waals surface area contributed by atoms with Crippen molar-refractivity contribution in [2.24, 2.45) is 5.92 Å². The average Bonchev–Trinajstić information content (AvgIpc) is 4.05. The number of carbonyl (C=O) groups excluding carboxylic acids is 3. The van der Waals surface area contributed by atoms with Gasteiger partial charge in [0, 0.05) is 49.4 Å². The molecule has 4 amide bonds. The summed E-state index contributed by atoms with van der Waals surface area (Å²) in [5.41, 5.74) is -1.64. The molecule has 3 aliphatic heterocycles. The second kappa shape index (κ2) is 19.5. The number of alkyl halides is 3. The average molecular weight is 1000 g/mol. The second-order valence-corrected chi connectivity index (χ2v) is 22.0. The van der Waals surface area contributed by atoms with Crippen molar-refractivity contribution in [1.82, 2.24) is 29.8 Å². The van der Waals surface area contributed by atoms with Crippen molar-refractivity contribution in [2.75, 3.05) is 26.4 Å². The number of sulfonamides is 1. The summed E-state index contributed by atoms with van der Waals surface area (Å²) in [6.45, 7) is 5.24. The van der Waals surface area contributed by atoms with Crippen LogP contribution >= 0.6 is 11.3 Å². The smallest absolute Gasteiger partial charge is 0.414 e. The number of thiazole rings is 1. The number of benzene rings is 1. The van der Waals surface area contributed by atoms with Crippen LogP contribution < -0.4 is 19.5 Å². The third kappa shape index (κ3) is 10.2. The van der Waals surface area contributed by atoms with Crippen LogP contribution in [0.3, 0.4) is 0 Å². The molecule has 0 bridgehead atoms. The first kappa shape index (κ1) is 50.1. The van der Waals surface area contributed by atoms with Crippen LogP contribution in [0.5, 0.6) is 11.5 Å². The summed E-state index contributed by atoms with van der Waals surface area (Å²) in [7, 11) is -4.17. The van der Waals surface area contributed by atoms with E-state index in [-0.39, 0.29) is 62.1 Å². The van der Waals surface area contributed by atoms with Gasteiger partial charge in [0.2, 0.25) is 21.8 Å². The van der Waals surface area contributed by atoms with Crippen molar-refractivity contribution < 1.29 is 64.8 Å². The Hall–Kier alpha value is -5.32. The largest absolute Gasteiger partial charge is 0.491 e. The first-order valence-corrected chi connectivity index (χ1v) is 25.6. The van der Waals surface area contributed by atoms with E-state index in [9.17, 15) is 27.9 Å². The Bertz CT molecular complexity index is 2540. The number of hydrogen-bond acceptors (Lipinski definition) is 13. The zero-order valence-corrected chi connectivity index (χ0v) is 40.3. The monoisotopic (exact) mass is 1000 g/mol. The van der Waals surface area contributed by atoms with Crippen LogP contribution in [0.4, 0.5) is 18.0 Å². The molecule has 2 aliphatic carbocycles. The highest BCUT2D eigenvalue weighted by Crippen LogP contribution is 2.48. The summed E-state index contributed by atoms with van der Waals surface area (Å²) >= 11 is 1.32. The van der Waals surface area contributed by atoms with Crippen molar-refractivity contribution in [3.05, 3.63) is 60.3 Å². The molecule has 5 heterocycles. The highest BCUT2D eigenvalue weighted by atomic mass is 32.2. The van der Waals surface area contributed by atoms with Gasteiger partial charge >= 0.3 is 12.3 Å². The van der Waals surface area contributed by atoms with Crippen LogP contribution in [0.2, 0.25) is 0 Å². The minimum absolute atomic E-state index is 0.0105. The number of hydrogen-bond donors (Lipinski definition) is 3. The molecule has 2 aromatic heterocycles. The molecule has 2 saturated heterocycles. The van der Waals surface area contributed by atoms with Gasteiger partial charge in [-0.05, 0) is 96.4 Å². The number of carboxylic acid groups (broad SMARTS) is 1. The fourth-order valence-corrected chi connectivity index (χ4v) is 11.3. The zero-order chi connectivity index (χ0) is 49.5. The number of rotatable bonds is 12. The fraction of sp³-hybridized carbons (Fsp3) is 0.574. The van der Waals surface area contributed by atoms with E-state index in [0.29, 0.717) is 46.8 Å². The number of nitrogens with zero attached hydrogens (tertiary/aromatic N) is 4. The summed E-state index contributed by atoms with van der Waals surface area (Å²) in [4.78, 5) is 68.9. The minimum Gasteiger partial charge on any atom is -0.491 e. The van der Waals surface area contributed by atoms with E-state index in [1.807, 2.05) is 26.0 Å². The molecule has 0 spiro atoms. The molecule has 17 nitrogen and oxygen atoms in total. The maximum absolute atomic E-state index is 15.5. The molecule has 0 radical (unpaired) electrons. The molecule has 3 aromatic rings. The Morgan fingerprint density at radius 2 is 1.83 bits per heavy atom. The molecule has 1 aromatic carbocycles. The van der Waals surface area contributed by atoms with Crippen molar-refractivity contribution in [3.8, 4) is 33.3 Å². The highest BCUT2D eigenvalue weighted by Gasteiger charge is 2.66. The van der Waals surface area contributed by atoms with E-state index in [1.165, 1.54) is 18.3 Å². The van der Waals surface area contributed by atoms with Crippen molar-refractivity contribution >= 4 is 45.2 Å². The Morgan fingerprint density at radius 1 is 1.09 bits per heavy atom. The summed E-state index contributed by atoms with van der Waals surface area (Å²) in [6, 6.07) is 6.85. The molecular formula is C47H57F3N6O11S2. The molecule has 1 unspecified atom stereocenters. The summed E-state index contributed by atoms with van der Waals surface area (Å²) in [5.74, 6) is -2.81. The number of aromatic nitrogens is 2. The van der Waals surface area contributed by atoms with E-state index in [4.69, 9.17) is 23.9 Å². The quantitative estimate of drug-likeness (QED) is 0.166. The summed E-state index contributed by atoms with van der Waals surface area (Å²) in [5, 5.41) is 13.6. The number of carbonyl (C=O) groups is 4. The van der Waals surface area contributed by atoms with E-state index < -0.39 is 106 Å². The van der Waals surface area contributed by atoms with Gasteiger partial charge in [0.15, 0.2) is 5.54 Å². The van der Waals surface area contributed by atoms with Crippen LogP contribution in [0, 0.1) is 5.92 Å². The summed E-state index contributed by atoms with van der Waals surface area (Å²) in [6.07, 6.45) is -4.66. The van der Waals surface area contributed by atoms with Gasteiger partial charge in [0.25, 0.3) is 5.91 Å². The first-order valence-electron chi connectivity index (χ1n) is 23.2. The van der Waals surface area contributed by atoms with E-state index in [0.717, 1.165) is 4.90 Å². The van der Waals surface area contributed by atoms with Gasteiger partial charge in [-0.1, -0.05) is 19.1 Å². The number of ether oxygens (including phenoxy) is 4. The standard InChI is InChI=1S/C47H57F3N6O11S2/c1-5-37-39(56(43(60)61)45(47(48,49)50)15-9-18-64-26-45)41(58)55-25-33(67-32-20-34(52-35(21-32)38-24-51-27-68-38)29-11-13-31(14-12-29)66-28(2)3)22-36(55)40(57)53-46(23-30(46)10-7-6-8-19-65-37)42(59)54-69(62,63)44(4)16-17-44/h7,10-14,20-21,24,27-28,30,33,36-37,39H,5-6,8-9,15-19,22-23,25-26H2,1-4H3,(H,53,57)(H,54,59)(H,60,61)/b10-7-/t30-,33-,36+,37+,39+,45?,46-/m1/s1. The fourth-order valence-electron chi connectivity index (χ4n) is 9.43. The van der Waals surface area contributed by atoms with Crippen LogP contribution in [0.15, 0.2) is 60.3 Å². The van der Waals surface area contributed by atoms with Crippen molar-refractivity contribution in [2.45, 2.75) is 138 Å². The Labute approximate surface area is 402 Å². The first-order chi connectivity index (χ1) is 32.7. The molecular weight excluding hydrogens is 946 g/mol. The number of fused-ring (bicyclic) bond motifs is 2. The van der Waals surface area contributed by atoms with Gasteiger partial charge in [0.05, 0.1) is 51.9 Å². The van der Waals surface area contributed by atoms with Crippen molar-refractivity contribution in [1.29, 1.82) is 0 Å². The lowest BCUT2D eigenvalue weighted by atomic mass is 9.86. The molecule has 5 aliphatic rings. The number of pyridine rings is 1. The predicted molar refractivity (Wildman–Crippen MR) is 246 cm³/mol. The molecule has 8 rings (SSSR count). The normalized spacial score (nSPS) is 28.8. The number of halogens is 3. The second-order valence-electron chi connectivity index (χ2n) is 18.9. The van der Waals surface area contributed by atoms with Gasteiger partial charge in [-0.25, -0.2) is 18.2 Å². The van der Waals surface area contributed by atoms with Crippen LogP contribution in [0.25, 0.3) is 21.8 Å². The van der Waals surface area contributed by atoms with Crippen LogP contribution in [-0.2, 0) is 33.9 Å². The van der Waals surface area contributed by atoms with Gasteiger partial charge in [-0.2, -0.15) is 13.2 Å². The van der Waals surface area contributed by atoms with Crippen LogP contribution in [0.1, 0.15) is 85.5 Å². The highest BCUT2D eigenvalue weighted by molar-refractivity contribution is 7.91. The number of allylic oxidation sites excluding steroid dienone is 1. The molecule has 22 heteroatoms. The minimum atomic E-state index is -5.21. The molecule has 3 N–H and O–H groups in total. The van der Waals surface area contributed by atoms with Gasteiger partial charge in [0.1, 0.15) is 35.2 Å². The molecule has 69 heavy (non-hydrogen) atoms. The number of amides is 4. The maximum Gasteiger partial charge on any atom is 0.414 e. The Morgan fingerprint density at radius 3 is 2.45 bits per heavy atom. The third-order valence-electron chi connectivity index (χ3n) is 13.7. The lowest BCUT2D eigenvalue weighted by Gasteiger charge is -2.50. The van der Waals surface area contributed by atoms with E-state index >= 15 is 18.0 Å². The molecule has 4 fully saturated rings. The Kier molecular flexibility index (Phi) is 14.1. The predicted octanol–water partition coefficient (Wildman–Crippen LogP) is 6.49. The third-order valence-corrected chi connectivity index (χ3v) is 16.6. The van der Waals surface area contributed by atoms with Crippen LogP contribution in [-0.4, -0.2) is 136 Å². The molecule has 7 atom stereocenters. The lowest BCUT2D eigenvalue weighted by Crippen LogP contribution is -2.72.